The van der Waals surface area contributed by atoms with E-state index in [2.05, 4.69) is 0 Å². The molecule has 1 aliphatic rings. The molecule has 1 heterocycles. The lowest BCUT2D eigenvalue weighted by Crippen LogP contribution is -2.27. The van der Waals surface area contributed by atoms with Crippen LogP contribution in [-0.4, -0.2) is 20.1 Å². The Kier molecular flexibility index (Phi) is 7.08. The molecule has 0 saturated carbocycles. The minimum absolute atomic E-state index is 0.105. The Balaban J connectivity index is 1.62. The zero-order chi connectivity index (χ0) is 23.4. The van der Waals surface area contributed by atoms with E-state index in [4.69, 9.17) is 28.6 Å². The van der Waals surface area contributed by atoms with Crippen molar-refractivity contribution in [2.24, 2.45) is 0 Å². The van der Waals surface area contributed by atoms with E-state index in [0.29, 0.717) is 32.1 Å². The first-order valence-electron chi connectivity index (χ1n) is 9.86. The standard InChI is InChI=1S/C24H17ClN2O4S2/c25-20-9-5-4-8-17(20)15-31-21-11-10-19(27(29)30)12-18(21)13-22-23(28)26(24(32)33-22)14-16-6-2-1-3-7-16/h1-13H,14-15H2/b22-13-. The maximum absolute atomic E-state index is 13.0. The van der Waals surface area contributed by atoms with Crippen LogP contribution < -0.4 is 4.74 Å². The summed E-state index contributed by atoms with van der Waals surface area (Å²) in [7, 11) is 0. The largest absolute Gasteiger partial charge is 0.488 e. The molecule has 0 N–H and O–H groups in total. The Morgan fingerprint density at radius 2 is 1.82 bits per heavy atom. The van der Waals surface area contributed by atoms with Crippen LogP contribution >= 0.6 is 35.6 Å². The number of non-ortho nitro benzene ring substituents is 1. The number of rotatable bonds is 7. The lowest BCUT2D eigenvalue weighted by molar-refractivity contribution is -0.384. The van der Waals surface area contributed by atoms with Gasteiger partial charge in [-0.05, 0) is 23.8 Å². The number of hydrogen-bond acceptors (Lipinski definition) is 6. The number of carbonyl (C=O) groups is 1. The van der Waals surface area contributed by atoms with Gasteiger partial charge >= 0.3 is 0 Å². The van der Waals surface area contributed by atoms with Gasteiger partial charge in [-0.15, -0.1) is 0 Å². The van der Waals surface area contributed by atoms with Gasteiger partial charge in [0.25, 0.3) is 11.6 Å². The first kappa shape index (κ1) is 23.0. The van der Waals surface area contributed by atoms with Crippen LogP contribution in [0.2, 0.25) is 5.02 Å². The van der Waals surface area contributed by atoms with E-state index in [1.807, 2.05) is 48.5 Å². The van der Waals surface area contributed by atoms with E-state index < -0.39 is 4.92 Å². The van der Waals surface area contributed by atoms with Gasteiger partial charge in [-0.25, -0.2) is 0 Å². The zero-order valence-electron chi connectivity index (χ0n) is 17.1. The summed E-state index contributed by atoms with van der Waals surface area (Å²) in [5.41, 5.74) is 2.04. The third-order valence-electron chi connectivity index (χ3n) is 4.89. The number of thioether (sulfide) groups is 1. The predicted molar refractivity (Wildman–Crippen MR) is 134 cm³/mol. The van der Waals surface area contributed by atoms with Gasteiger partial charge < -0.3 is 4.74 Å². The second-order valence-corrected chi connectivity index (χ2v) is 9.20. The fraction of sp³-hybridized carbons (Fsp3) is 0.0833. The summed E-state index contributed by atoms with van der Waals surface area (Å²) in [4.78, 5) is 25.8. The Bertz CT molecular complexity index is 1260. The SMILES string of the molecule is O=C1/C(=C/c2cc([N+](=O)[O-])ccc2OCc2ccccc2Cl)SC(=S)N1Cc1ccccc1. The third-order valence-corrected chi connectivity index (χ3v) is 6.64. The maximum Gasteiger partial charge on any atom is 0.270 e. The van der Waals surface area contributed by atoms with Crippen molar-refractivity contribution in [3.05, 3.63) is 110 Å². The van der Waals surface area contributed by atoms with Gasteiger partial charge in [0.1, 0.15) is 16.7 Å². The molecule has 1 aliphatic heterocycles. The number of halogens is 1. The highest BCUT2D eigenvalue weighted by Crippen LogP contribution is 2.36. The molecule has 3 aromatic rings. The van der Waals surface area contributed by atoms with Crippen LogP contribution in [0.3, 0.4) is 0 Å². The average molecular weight is 497 g/mol. The summed E-state index contributed by atoms with van der Waals surface area (Å²) in [6.45, 7) is 0.529. The molecule has 0 aliphatic carbocycles. The molecular formula is C24H17ClN2O4S2. The van der Waals surface area contributed by atoms with Gasteiger partial charge in [0.15, 0.2) is 0 Å². The predicted octanol–water partition coefficient (Wildman–Crippen LogP) is 6.23. The van der Waals surface area contributed by atoms with E-state index in [1.165, 1.54) is 23.1 Å². The van der Waals surface area contributed by atoms with Gasteiger partial charge in [0, 0.05) is 28.3 Å². The van der Waals surface area contributed by atoms with Gasteiger partial charge in [0.05, 0.1) is 16.4 Å². The summed E-state index contributed by atoms with van der Waals surface area (Å²) in [6.07, 6.45) is 1.58. The Labute approximate surface area is 205 Å². The molecule has 9 heteroatoms. The van der Waals surface area contributed by atoms with Gasteiger partial charge in [-0.3, -0.25) is 19.8 Å². The second kappa shape index (κ2) is 10.2. The van der Waals surface area contributed by atoms with Crippen LogP contribution in [0, 0.1) is 10.1 Å². The van der Waals surface area contributed by atoms with Crippen molar-refractivity contribution in [2.45, 2.75) is 13.2 Å². The molecule has 1 saturated heterocycles. The van der Waals surface area contributed by atoms with E-state index in [9.17, 15) is 14.9 Å². The van der Waals surface area contributed by atoms with Crippen LogP contribution in [0.1, 0.15) is 16.7 Å². The van der Waals surface area contributed by atoms with Crippen LogP contribution in [0.25, 0.3) is 6.08 Å². The van der Waals surface area contributed by atoms with Crippen LogP contribution in [0.5, 0.6) is 5.75 Å². The minimum atomic E-state index is -0.490. The number of thiocarbonyl (C=S) groups is 1. The smallest absolute Gasteiger partial charge is 0.270 e. The monoisotopic (exact) mass is 496 g/mol. The van der Waals surface area contributed by atoms with E-state index in [-0.39, 0.29) is 18.2 Å². The fourth-order valence-corrected chi connectivity index (χ4v) is 4.64. The maximum atomic E-state index is 13.0. The Morgan fingerprint density at radius 3 is 2.55 bits per heavy atom. The van der Waals surface area contributed by atoms with E-state index in [1.54, 1.807) is 12.1 Å². The summed E-state index contributed by atoms with van der Waals surface area (Å²) in [5.74, 6) is 0.145. The first-order valence-corrected chi connectivity index (χ1v) is 11.5. The average Bonchev–Trinajstić information content (AvgIpc) is 3.07. The van der Waals surface area contributed by atoms with Crippen molar-refractivity contribution in [2.75, 3.05) is 0 Å². The number of benzene rings is 3. The highest BCUT2D eigenvalue weighted by molar-refractivity contribution is 8.26. The fourth-order valence-electron chi connectivity index (χ4n) is 3.21. The highest BCUT2D eigenvalue weighted by Gasteiger charge is 2.32. The molecular weight excluding hydrogens is 480 g/mol. The third kappa shape index (κ3) is 5.42. The topological polar surface area (TPSA) is 72.7 Å². The molecule has 33 heavy (non-hydrogen) atoms. The molecule has 1 fully saturated rings. The van der Waals surface area contributed by atoms with Crippen molar-refractivity contribution in [3.63, 3.8) is 0 Å². The molecule has 0 atom stereocenters. The molecule has 0 spiro atoms. The number of amides is 1. The zero-order valence-corrected chi connectivity index (χ0v) is 19.5. The summed E-state index contributed by atoms with van der Waals surface area (Å²) < 4.78 is 6.34. The summed E-state index contributed by atoms with van der Waals surface area (Å²) in [6, 6.07) is 21.1. The van der Waals surface area contributed by atoms with E-state index >= 15 is 0 Å². The Morgan fingerprint density at radius 1 is 1.09 bits per heavy atom. The number of ether oxygens (including phenoxy) is 1. The normalized spacial score (nSPS) is 14.7. The number of nitro benzene ring substituents is 1. The molecule has 4 rings (SSSR count). The molecule has 0 aromatic heterocycles. The van der Waals surface area contributed by atoms with Gasteiger partial charge in [-0.1, -0.05) is 84.1 Å². The van der Waals surface area contributed by atoms with Crippen LogP contribution in [-0.2, 0) is 17.9 Å². The van der Waals surface area contributed by atoms with E-state index in [0.717, 1.165) is 22.9 Å². The van der Waals surface area contributed by atoms with Crippen molar-refractivity contribution in [3.8, 4) is 5.75 Å². The molecule has 166 valence electrons. The van der Waals surface area contributed by atoms with Crippen LogP contribution in [0.4, 0.5) is 5.69 Å². The molecule has 0 radical (unpaired) electrons. The molecule has 1 amide bonds. The lowest BCUT2D eigenvalue weighted by Gasteiger charge is -2.14. The van der Waals surface area contributed by atoms with Crippen molar-refractivity contribution in [1.82, 2.24) is 4.90 Å². The van der Waals surface area contributed by atoms with Crippen molar-refractivity contribution in [1.29, 1.82) is 0 Å². The van der Waals surface area contributed by atoms with Crippen molar-refractivity contribution >= 4 is 57.6 Å². The number of nitrogens with zero attached hydrogens (tertiary/aromatic N) is 2. The number of nitro groups is 1. The molecule has 0 unspecified atom stereocenters. The van der Waals surface area contributed by atoms with Crippen molar-refractivity contribution < 1.29 is 14.5 Å². The molecule has 3 aromatic carbocycles. The van der Waals surface area contributed by atoms with Crippen LogP contribution in [0.15, 0.2) is 77.7 Å². The van der Waals surface area contributed by atoms with Gasteiger partial charge in [-0.2, -0.15) is 0 Å². The van der Waals surface area contributed by atoms with Gasteiger partial charge in [0.2, 0.25) is 0 Å². The number of hydrogen-bond donors (Lipinski definition) is 0. The summed E-state index contributed by atoms with van der Waals surface area (Å²) >= 11 is 12.8. The quantitative estimate of drug-likeness (QED) is 0.167. The molecule has 0 bridgehead atoms. The number of carbonyl (C=O) groups excluding carboxylic acids is 1. The second-order valence-electron chi connectivity index (χ2n) is 7.11. The summed E-state index contributed by atoms with van der Waals surface area (Å²) in [5, 5.41) is 11.9. The lowest BCUT2D eigenvalue weighted by atomic mass is 10.1. The highest BCUT2D eigenvalue weighted by atomic mass is 35.5. The Hall–Kier alpha value is -3.20. The first-order chi connectivity index (χ1) is 15.9. The minimum Gasteiger partial charge on any atom is -0.488 e. The molecule has 6 nitrogen and oxygen atoms in total.